The molecule has 88 valence electrons. The Kier molecular flexibility index (Phi) is 3.97. The number of thioether (sulfide) groups is 1. The summed E-state index contributed by atoms with van der Waals surface area (Å²) in [6.07, 6.45) is 4.12. The molecular weight excluding hydrogens is 204 g/mol. The van der Waals surface area contributed by atoms with Gasteiger partial charge in [-0.2, -0.15) is 11.8 Å². The number of nitrogens with one attached hydrogen (secondary N) is 1. The van der Waals surface area contributed by atoms with Crippen LogP contribution in [0.15, 0.2) is 0 Å². The maximum atomic E-state index is 3.59. The van der Waals surface area contributed by atoms with Crippen LogP contribution in [0.2, 0.25) is 0 Å². The predicted octanol–water partition coefficient (Wildman–Crippen LogP) is 1.96. The van der Waals surface area contributed by atoms with Crippen LogP contribution in [-0.4, -0.2) is 47.6 Å². The van der Waals surface area contributed by atoms with Crippen LogP contribution in [0, 0.1) is 0 Å². The third-order valence-electron chi connectivity index (χ3n) is 3.46. The normalized spacial score (nSPS) is 32.0. The van der Waals surface area contributed by atoms with Crippen molar-refractivity contribution in [2.45, 2.75) is 43.9 Å². The van der Waals surface area contributed by atoms with Crippen molar-refractivity contribution in [3.05, 3.63) is 0 Å². The van der Waals surface area contributed by atoms with Gasteiger partial charge in [0.25, 0.3) is 0 Å². The number of hydrogen-bond donors (Lipinski definition) is 1. The fourth-order valence-corrected chi connectivity index (χ4v) is 3.82. The molecule has 0 saturated carbocycles. The lowest BCUT2D eigenvalue weighted by atomic mass is 10.1. The molecule has 1 unspecified atom stereocenters. The monoisotopic (exact) mass is 228 g/mol. The summed E-state index contributed by atoms with van der Waals surface area (Å²) in [6.45, 7) is 9.84. The number of hydrogen-bond acceptors (Lipinski definition) is 3. The maximum Gasteiger partial charge on any atom is 0.0231 e. The zero-order valence-corrected chi connectivity index (χ0v) is 10.9. The SMILES string of the molecule is CC1(C)CN(CCC2CCCN2)CCS1. The van der Waals surface area contributed by atoms with Crippen LogP contribution in [0.5, 0.6) is 0 Å². The lowest BCUT2D eigenvalue weighted by molar-refractivity contribution is 0.248. The van der Waals surface area contributed by atoms with Crippen molar-refractivity contribution in [3.63, 3.8) is 0 Å². The van der Waals surface area contributed by atoms with Crippen LogP contribution in [0.25, 0.3) is 0 Å². The highest BCUT2D eigenvalue weighted by atomic mass is 32.2. The van der Waals surface area contributed by atoms with Gasteiger partial charge in [0.15, 0.2) is 0 Å². The van der Waals surface area contributed by atoms with Gasteiger partial charge in [0.1, 0.15) is 0 Å². The molecule has 0 aromatic carbocycles. The molecule has 2 fully saturated rings. The summed E-state index contributed by atoms with van der Waals surface area (Å²) in [7, 11) is 0. The Balaban J connectivity index is 1.69. The molecule has 0 amide bonds. The van der Waals surface area contributed by atoms with Crippen LogP contribution < -0.4 is 5.32 Å². The molecule has 0 bridgehead atoms. The maximum absolute atomic E-state index is 3.59. The Morgan fingerprint density at radius 3 is 3.00 bits per heavy atom. The Morgan fingerprint density at radius 1 is 1.47 bits per heavy atom. The van der Waals surface area contributed by atoms with Crippen molar-refractivity contribution in [3.8, 4) is 0 Å². The van der Waals surface area contributed by atoms with Crippen molar-refractivity contribution in [2.24, 2.45) is 0 Å². The van der Waals surface area contributed by atoms with Gasteiger partial charge in [0.2, 0.25) is 0 Å². The first-order chi connectivity index (χ1) is 7.16. The minimum absolute atomic E-state index is 0.474. The van der Waals surface area contributed by atoms with E-state index < -0.39 is 0 Å². The minimum atomic E-state index is 0.474. The Labute approximate surface area is 98.2 Å². The van der Waals surface area contributed by atoms with Gasteiger partial charge in [-0.25, -0.2) is 0 Å². The summed E-state index contributed by atoms with van der Waals surface area (Å²) in [5.74, 6) is 1.31. The quantitative estimate of drug-likeness (QED) is 0.795. The molecule has 2 aliphatic rings. The molecular formula is C12H24N2S. The molecule has 0 aromatic rings. The van der Waals surface area contributed by atoms with Gasteiger partial charge in [-0.15, -0.1) is 0 Å². The molecule has 0 radical (unpaired) electrons. The summed E-state index contributed by atoms with van der Waals surface area (Å²) < 4.78 is 0.474. The summed E-state index contributed by atoms with van der Waals surface area (Å²) >= 11 is 2.12. The van der Waals surface area contributed by atoms with Crippen molar-refractivity contribution < 1.29 is 0 Å². The van der Waals surface area contributed by atoms with Crippen molar-refractivity contribution >= 4 is 11.8 Å². The second-order valence-corrected chi connectivity index (χ2v) is 7.27. The topological polar surface area (TPSA) is 15.3 Å². The molecule has 0 aliphatic carbocycles. The van der Waals surface area contributed by atoms with Gasteiger partial charge in [-0.05, 0) is 46.2 Å². The van der Waals surface area contributed by atoms with Gasteiger partial charge in [-0.3, -0.25) is 0 Å². The summed E-state index contributed by atoms with van der Waals surface area (Å²) in [4.78, 5) is 2.65. The van der Waals surface area contributed by atoms with Crippen molar-refractivity contribution in [2.75, 3.05) is 31.9 Å². The average molecular weight is 228 g/mol. The molecule has 0 spiro atoms. The number of nitrogens with zero attached hydrogens (tertiary/aromatic N) is 1. The average Bonchev–Trinajstić information content (AvgIpc) is 2.65. The van der Waals surface area contributed by atoms with E-state index in [1.807, 2.05) is 0 Å². The van der Waals surface area contributed by atoms with Crippen LogP contribution in [0.1, 0.15) is 33.1 Å². The van der Waals surface area contributed by atoms with Crippen LogP contribution >= 0.6 is 11.8 Å². The number of rotatable bonds is 3. The standard InChI is InChI=1S/C12H24N2S/c1-12(2)10-14(8-9-15-12)7-5-11-4-3-6-13-11/h11,13H,3-10H2,1-2H3. The third kappa shape index (κ3) is 3.65. The second kappa shape index (κ2) is 5.07. The lowest BCUT2D eigenvalue weighted by Crippen LogP contribution is -2.44. The molecule has 2 rings (SSSR count). The van der Waals surface area contributed by atoms with Crippen LogP contribution in [0.3, 0.4) is 0 Å². The van der Waals surface area contributed by atoms with Gasteiger partial charge >= 0.3 is 0 Å². The van der Waals surface area contributed by atoms with Gasteiger partial charge in [-0.1, -0.05) is 0 Å². The van der Waals surface area contributed by atoms with E-state index in [0.29, 0.717) is 4.75 Å². The molecule has 1 atom stereocenters. The molecule has 15 heavy (non-hydrogen) atoms. The van der Waals surface area contributed by atoms with Crippen LogP contribution in [-0.2, 0) is 0 Å². The molecule has 0 aromatic heterocycles. The predicted molar refractivity (Wildman–Crippen MR) is 68.6 cm³/mol. The van der Waals surface area contributed by atoms with E-state index in [9.17, 15) is 0 Å². The summed E-state index contributed by atoms with van der Waals surface area (Å²) in [6, 6.07) is 0.808. The zero-order valence-electron chi connectivity index (χ0n) is 10.1. The van der Waals surface area contributed by atoms with E-state index in [4.69, 9.17) is 0 Å². The summed E-state index contributed by atoms with van der Waals surface area (Å²) in [5.41, 5.74) is 0. The van der Waals surface area contributed by atoms with Crippen LogP contribution in [0.4, 0.5) is 0 Å². The van der Waals surface area contributed by atoms with E-state index in [2.05, 4.69) is 35.8 Å². The summed E-state index contributed by atoms with van der Waals surface area (Å²) in [5, 5.41) is 3.59. The van der Waals surface area contributed by atoms with E-state index in [1.54, 1.807) is 0 Å². The molecule has 1 N–H and O–H groups in total. The highest BCUT2D eigenvalue weighted by Crippen LogP contribution is 2.29. The molecule has 2 saturated heterocycles. The molecule has 2 heterocycles. The van der Waals surface area contributed by atoms with Gasteiger partial charge in [0, 0.05) is 29.6 Å². The smallest absolute Gasteiger partial charge is 0.0231 e. The highest BCUT2D eigenvalue weighted by molar-refractivity contribution is 8.00. The lowest BCUT2D eigenvalue weighted by Gasteiger charge is -2.37. The first-order valence-corrected chi connectivity index (χ1v) is 7.24. The fraction of sp³-hybridized carbons (Fsp3) is 1.00. The van der Waals surface area contributed by atoms with E-state index >= 15 is 0 Å². The van der Waals surface area contributed by atoms with Gasteiger partial charge < -0.3 is 10.2 Å². The Hall–Kier alpha value is 0.270. The molecule has 3 heteroatoms. The van der Waals surface area contributed by atoms with E-state index in [1.165, 1.54) is 51.2 Å². The van der Waals surface area contributed by atoms with E-state index in [0.717, 1.165) is 6.04 Å². The first kappa shape index (κ1) is 11.7. The third-order valence-corrected chi connectivity index (χ3v) is 4.76. The van der Waals surface area contributed by atoms with Gasteiger partial charge in [0.05, 0.1) is 0 Å². The molecule has 2 nitrogen and oxygen atoms in total. The van der Waals surface area contributed by atoms with E-state index in [-0.39, 0.29) is 0 Å². The minimum Gasteiger partial charge on any atom is -0.314 e. The highest BCUT2D eigenvalue weighted by Gasteiger charge is 2.27. The first-order valence-electron chi connectivity index (χ1n) is 6.25. The Bertz CT molecular complexity index is 200. The molecule has 2 aliphatic heterocycles. The Morgan fingerprint density at radius 2 is 2.33 bits per heavy atom. The zero-order chi connectivity index (χ0) is 10.7. The second-order valence-electron chi connectivity index (χ2n) is 5.47. The largest absolute Gasteiger partial charge is 0.314 e. The fourth-order valence-electron chi connectivity index (χ4n) is 2.65. The van der Waals surface area contributed by atoms with Crippen molar-refractivity contribution in [1.82, 2.24) is 10.2 Å². The van der Waals surface area contributed by atoms with Crippen molar-refractivity contribution in [1.29, 1.82) is 0 Å².